The Morgan fingerprint density at radius 3 is 2.74 bits per heavy atom. The molecule has 0 fully saturated rings. The smallest absolute Gasteiger partial charge is 0.220 e. The Hall–Kier alpha value is -0.550. The third kappa shape index (κ3) is 5.53. The molecular weight excluding hydrogens is 374 g/mol. The van der Waals surface area contributed by atoms with E-state index in [2.05, 4.69) is 37.2 Å². The van der Waals surface area contributed by atoms with Crippen molar-refractivity contribution in [3.8, 4) is 5.75 Å². The fourth-order valence-corrected chi connectivity index (χ4v) is 2.68. The number of methoxy groups -OCH3 is 1. The first-order chi connectivity index (χ1) is 9.08. The summed E-state index contributed by atoms with van der Waals surface area (Å²) in [4.78, 5) is 11.7. The minimum atomic E-state index is -0.00123. The number of unbranched alkanes of at least 4 members (excludes halogenated alkanes) is 1. The van der Waals surface area contributed by atoms with Crippen LogP contribution in [0, 0.1) is 0 Å². The summed E-state index contributed by atoms with van der Waals surface area (Å²) in [6.07, 6.45) is 2.51. The molecule has 1 aromatic rings. The first kappa shape index (κ1) is 16.5. The highest BCUT2D eigenvalue weighted by atomic mass is 79.9. The SMILES string of the molecule is COc1ccc(C(C)NC(=O)CCCCBr)cc1Br. The minimum Gasteiger partial charge on any atom is -0.496 e. The molecule has 1 atom stereocenters. The van der Waals surface area contributed by atoms with E-state index in [1.807, 2.05) is 25.1 Å². The maximum Gasteiger partial charge on any atom is 0.220 e. The second-order valence-electron chi connectivity index (χ2n) is 4.33. The lowest BCUT2D eigenvalue weighted by atomic mass is 10.1. The molecule has 1 unspecified atom stereocenters. The van der Waals surface area contributed by atoms with Gasteiger partial charge in [0.2, 0.25) is 5.91 Å². The van der Waals surface area contributed by atoms with Gasteiger partial charge in [-0.25, -0.2) is 0 Å². The van der Waals surface area contributed by atoms with E-state index in [9.17, 15) is 4.79 Å². The molecule has 0 bridgehead atoms. The number of nitrogens with one attached hydrogen (secondary N) is 1. The maximum atomic E-state index is 11.7. The highest BCUT2D eigenvalue weighted by molar-refractivity contribution is 9.10. The van der Waals surface area contributed by atoms with Crippen molar-refractivity contribution in [2.45, 2.75) is 32.2 Å². The second-order valence-corrected chi connectivity index (χ2v) is 5.98. The standard InChI is InChI=1S/C14H19Br2NO2/c1-10(17-14(18)5-3-4-8-15)11-6-7-13(19-2)12(16)9-11/h6-7,9-10H,3-5,8H2,1-2H3,(H,17,18). The monoisotopic (exact) mass is 391 g/mol. The Kier molecular flexibility index (Phi) is 7.46. The summed E-state index contributed by atoms with van der Waals surface area (Å²) in [5.41, 5.74) is 1.06. The van der Waals surface area contributed by atoms with Crippen LogP contribution >= 0.6 is 31.9 Å². The van der Waals surface area contributed by atoms with E-state index in [4.69, 9.17) is 4.74 Å². The third-order valence-corrected chi connectivity index (χ3v) is 4.02. The van der Waals surface area contributed by atoms with Crippen LogP contribution in [0.3, 0.4) is 0 Å². The van der Waals surface area contributed by atoms with E-state index in [0.717, 1.165) is 34.0 Å². The molecule has 0 aliphatic carbocycles. The zero-order valence-electron chi connectivity index (χ0n) is 11.2. The molecule has 0 heterocycles. The highest BCUT2D eigenvalue weighted by Gasteiger charge is 2.11. The van der Waals surface area contributed by atoms with Crippen molar-refractivity contribution in [3.05, 3.63) is 28.2 Å². The first-order valence-electron chi connectivity index (χ1n) is 6.27. The zero-order valence-corrected chi connectivity index (χ0v) is 14.4. The number of alkyl halides is 1. The van der Waals surface area contributed by atoms with Gasteiger partial charge in [0.25, 0.3) is 0 Å². The summed E-state index contributed by atoms with van der Waals surface area (Å²) in [5, 5.41) is 3.95. The minimum absolute atomic E-state index is 0.00123. The van der Waals surface area contributed by atoms with Gasteiger partial charge in [-0.3, -0.25) is 4.79 Å². The Morgan fingerprint density at radius 2 is 2.16 bits per heavy atom. The topological polar surface area (TPSA) is 38.3 Å². The van der Waals surface area contributed by atoms with Gasteiger partial charge >= 0.3 is 0 Å². The molecule has 0 aromatic heterocycles. The van der Waals surface area contributed by atoms with Gasteiger partial charge in [-0.1, -0.05) is 22.0 Å². The van der Waals surface area contributed by atoms with Crippen LogP contribution in [0.5, 0.6) is 5.75 Å². The molecule has 0 saturated carbocycles. The van der Waals surface area contributed by atoms with Crippen molar-refractivity contribution in [2.75, 3.05) is 12.4 Å². The number of amides is 1. The first-order valence-corrected chi connectivity index (χ1v) is 8.18. The number of carbonyl (C=O) groups is 1. The lowest BCUT2D eigenvalue weighted by Crippen LogP contribution is -2.26. The molecule has 0 spiro atoms. The van der Waals surface area contributed by atoms with E-state index < -0.39 is 0 Å². The molecular formula is C14H19Br2NO2. The van der Waals surface area contributed by atoms with Crippen LogP contribution in [-0.2, 0) is 4.79 Å². The summed E-state index contributed by atoms with van der Waals surface area (Å²) in [5.74, 6) is 0.889. The Bertz CT molecular complexity index is 424. The fraction of sp³-hybridized carbons (Fsp3) is 0.500. The normalized spacial score (nSPS) is 12.0. The summed E-state index contributed by atoms with van der Waals surface area (Å²) in [6.45, 7) is 1.98. The van der Waals surface area contributed by atoms with E-state index >= 15 is 0 Å². The van der Waals surface area contributed by atoms with Crippen molar-refractivity contribution in [1.29, 1.82) is 0 Å². The van der Waals surface area contributed by atoms with Gasteiger partial charge < -0.3 is 10.1 Å². The molecule has 1 N–H and O–H groups in total. The molecule has 0 radical (unpaired) electrons. The third-order valence-electron chi connectivity index (χ3n) is 2.84. The fourth-order valence-electron chi connectivity index (χ4n) is 1.73. The number of carbonyl (C=O) groups excluding carboxylic acids is 1. The van der Waals surface area contributed by atoms with Gasteiger partial charge in [0.15, 0.2) is 0 Å². The lowest BCUT2D eigenvalue weighted by molar-refractivity contribution is -0.121. The molecule has 1 aromatic carbocycles. The van der Waals surface area contributed by atoms with Crippen molar-refractivity contribution in [3.63, 3.8) is 0 Å². The number of rotatable bonds is 7. The van der Waals surface area contributed by atoms with Crippen molar-refractivity contribution in [2.24, 2.45) is 0 Å². The van der Waals surface area contributed by atoms with Crippen LogP contribution in [0.15, 0.2) is 22.7 Å². The number of halogens is 2. The molecule has 1 rings (SSSR count). The Morgan fingerprint density at radius 1 is 1.42 bits per heavy atom. The molecule has 0 aliphatic heterocycles. The van der Waals surface area contributed by atoms with Crippen molar-refractivity contribution < 1.29 is 9.53 Å². The average Bonchev–Trinajstić information content (AvgIpc) is 2.38. The molecule has 19 heavy (non-hydrogen) atoms. The van der Waals surface area contributed by atoms with Crippen molar-refractivity contribution >= 4 is 37.8 Å². The van der Waals surface area contributed by atoms with Crippen LogP contribution < -0.4 is 10.1 Å². The summed E-state index contributed by atoms with van der Waals surface area (Å²) >= 11 is 6.81. The van der Waals surface area contributed by atoms with Crippen molar-refractivity contribution in [1.82, 2.24) is 5.32 Å². The zero-order chi connectivity index (χ0) is 14.3. The maximum absolute atomic E-state index is 11.7. The molecule has 3 nitrogen and oxygen atoms in total. The summed E-state index contributed by atoms with van der Waals surface area (Å²) < 4.78 is 6.08. The molecule has 106 valence electrons. The van der Waals surface area contributed by atoms with Gasteiger partial charge in [0.1, 0.15) is 5.75 Å². The number of benzene rings is 1. The quantitative estimate of drug-likeness (QED) is 0.557. The van der Waals surface area contributed by atoms with E-state index in [1.54, 1.807) is 7.11 Å². The Balaban J connectivity index is 2.55. The van der Waals surface area contributed by atoms with E-state index in [1.165, 1.54) is 0 Å². The second kappa shape index (κ2) is 8.59. The Labute approximate surface area is 131 Å². The van der Waals surface area contributed by atoms with E-state index in [-0.39, 0.29) is 11.9 Å². The predicted molar refractivity (Wildman–Crippen MR) is 84.9 cm³/mol. The van der Waals surface area contributed by atoms with Crippen LogP contribution in [0.4, 0.5) is 0 Å². The van der Waals surface area contributed by atoms with Gasteiger partial charge in [-0.05, 0) is 53.4 Å². The summed E-state index contributed by atoms with van der Waals surface area (Å²) in [7, 11) is 1.63. The van der Waals surface area contributed by atoms with Crippen LogP contribution in [0.1, 0.15) is 37.8 Å². The largest absolute Gasteiger partial charge is 0.496 e. The van der Waals surface area contributed by atoms with Gasteiger partial charge in [-0.2, -0.15) is 0 Å². The van der Waals surface area contributed by atoms with Crippen LogP contribution in [-0.4, -0.2) is 18.3 Å². The van der Waals surface area contributed by atoms with Gasteiger partial charge in [-0.15, -0.1) is 0 Å². The lowest BCUT2D eigenvalue weighted by Gasteiger charge is -2.15. The molecule has 1 amide bonds. The highest BCUT2D eigenvalue weighted by Crippen LogP contribution is 2.27. The van der Waals surface area contributed by atoms with Crippen LogP contribution in [0.25, 0.3) is 0 Å². The molecule has 0 aliphatic rings. The molecule has 0 saturated heterocycles. The van der Waals surface area contributed by atoms with E-state index in [0.29, 0.717) is 6.42 Å². The summed E-state index contributed by atoms with van der Waals surface area (Å²) in [6, 6.07) is 5.83. The number of hydrogen-bond donors (Lipinski definition) is 1. The van der Waals surface area contributed by atoms with Crippen LogP contribution in [0.2, 0.25) is 0 Å². The van der Waals surface area contributed by atoms with Gasteiger partial charge in [0.05, 0.1) is 17.6 Å². The van der Waals surface area contributed by atoms with Gasteiger partial charge in [0, 0.05) is 11.8 Å². The molecule has 5 heteroatoms. The predicted octanol–water partition coefficient (Wildman–Crippen LogP) is 4.20. The number of hydrogen-bond acceptors (Lipinski definition) is 2. The average molecular weight is 393 g/mol. The number of ether oxygens (including phenoxy) is 1.